The Bertz CT molecular complexity index is 887. The monoisotopic (exact) mass is 762 g/mol. The molecule has 0 rings (SSSR count). The van der Waals surface area contributed by atoms with E-state index < -0.39 is 12.0 Å². The van der Waals surface area contributed by atoms with Crippen molar-refractivity contribution in [2.24, 2.45) is 0 Å². The summed E-state index contributed by atoms with van der Waals surface area (Å²) in [5, 5.41) is 11.8. The highest BCUT2D eigenvalue weighted by Gasteiger charge is 2.23. The van der Waals surface area contributed by atoms with E-state index >= 15 is 0 Å². The number of hydrogen-bond donors (Lipinski definition) is 2. The zero-order chi connectivity index (χ0) is 39.4. The average Bonchev–Trinajstić information content (AvgIpc) is 3.17. The van der Waals surface area contributed by atoms with Crippen molar-refractivity contribution < 1.29 is 29.0 Å². The smallest absolute Gasteiger partial charge is 0.328 e. The molecule has 0 spiro atoms. The topological polar surface area (TPSA) is 102 Å². The minimum Gasteiger partial charge on any atom is -0.466 e. The summed E-state index contributed by atoms with van der Waals surface area (Å²) in [6.45, 7) is 5.34. The van der Waals surface area contributed by atoms with Crippen LogP contribution in [0.3, 0.4) is 0 Å². The molecule has 0 aliphatic heterocycles. The van der Waals surface area contributed by atoms with Gasteiger partial charge in [-0.25, -0.2) is 4.79 Å². The predicted octanol–water partition coefficient (Wildman–Crippen LogP) is 13.0. The highest BCUT2D eigenvalue weighted by molar-refractivity contribution is 5.85. The first-order valence-electron chi connectivity index (χ1n) is 23.1. The van der Waals surface area contributed by atoms with E-state index in [0.29, 0.717) is 26.1 Å². The summed E-state index contributed by atoms with van der Waals surface area (Å²) in [5.74, 6) is -1.05. The van der Waals surface area contributed by atoms with E-state index in [0.717, 1.165) is 51.4 Å². The first kappa shape index (κ1) is 51.9. The summed E-state index contributed by atoms with van der Waals surface area (Å²) in [7, 11) is 0. The lowest BCUT2D eigenvalue weighted by Crippen LogP contribution is -2.42. The lowest BCUT2D eigenvalue weighted by atomic mass is 10.1. The van der Waals surface area contributed by atoms with Gasteiger partial charge in [0, 0.05) is 19.4 Å². The van der Waals surface area contributed by atoms with E-state index in [9.17, 15) is 14.4 Å². The van der Waals surface area contributed by atoms with E-state index in [1.54, 1.807) is 0 Å². The van der Waals surface area contributed by atoms with Gasteiger partial charge in [0.15, 0.2) is 0 Å². The van der Waals surface area contributed by atoms with Crippen molar-refractivity contribution in [2.45, 2.75) is 238 Å². The molecule has 0 aromatic carbocycles. The Morgan fingerprint density at radius 3 is 1.31 bits per heavy atom. The van der Waals surface area contributed by atoms with Crippen LogP contribution in [0.15, 0.2) is 24.3 Å². The molecular weight excluding hydrogens is 675 g/mol. The molecule has 7 nitrogen and oxygen atoms in total. The predicted molar refractivity (Wildman–Crippen MR) is 228 cm³/mol. The van der Waals surface area contributed by atoms with Gasteiger partial charge in [-0.1, -0.05) is 160 Å². The van der Waals surface area contributed by atoms with Crippen molar-refractivity contribution in [3.05, 3.63) is 24.3 Å². The quantitative estimate of drug-likeness (QED) is 0.0365. The minimum absolute atomic E-state index is 0.0607. The maximum Gasteiger partial charge on any atom is 0.328 e. The van der Waals surface area contributed by atoms with Crippen LogP contribution in [0.2, 0.25) is 0 Å². The zero-order valence-corrected chi connectivity index (χ0v) is 35.5. The van der Waals surface area contributed by atoms with Crippen LogP contribution in [0, 0.1) is 0 Å². The molecule has 1 atom stereocenters. The van der Waals surface area contributed by atoms with Gasteiger partial charge in [0.25, 0.3) is 0 Å². The summed E-state index contributed by atoms with van der Waals surface area (Å²) in [6.07, 6.45) is 46.2. The van der Waals surface area contributed by atoms with E-state index in [1.807, 2.05) is 0 Å². The van der Waals surface area contributed by atoms with Crippen LogP contribution >= 0.6 is 0 Å². The minimum atomic E-state index is -0.859. The Labute approximate surface area is 333 Å². The van der Waals surface area contributed by atoms with Crippen molar-refractivity contribution in [3.8, 4) is 0 Å². The second kappa shape index (κ2) is 43.6. The van der Waals surface area contributed by atoms with Crippen molar-refractivity contribution in [1.29, 1.82) is 0 Å². The molecule has 0 saturated carbocycles. The molecule has 0 saturated heterocycles. The van der Waals surface area contributed by atoms with Gasteiger partial charge in [-0.05, 0) is 83.5 Å². The number of rotatable bonds is 42. The van der Waals surface area contributed by atoms with Gasteiger partial charge in [0.05, 0.1) is 13.2 Å². The number of carbonyl (C=O) groups is 3. The van der Waals surface area contributed by atoms with Crippen molar-refractivity contribution in [1.82, 2.24) is 5.32 Å². The first-order chi connectivity index (χ1) is 26.5. The fourth-order valence-electron chi connectivity index (χ4n) is 6.58. The average molecular weight is 762 g/mol. The van der Waals surface area contributed by atoms with Gasteiger partial charge < -0.3 is 19.9 Å². The van der Waals surface area contributed by atoms with Crippen molar-refractivity contribution >= 4 is 17.8 Å². The molecule has 0 heterocycles. The molecule has 0 radical (unpaired) electrons. The third kappa shape index (κ3) is 39.5. The molecule has 1 amide bonds. The second-order valence-electron chi connectivity index (χ2n) is 15.5. The number of carbonyl (C=O) groups excluding carboxylic acids is 3. The van der Waals surface area contributed by atoms with Crippen LogP contribution in [-0.4, -0.2) is 48.8 Å². The van der Waals surface area contributed by atoms with Crippen molar-refractivity contribution in [3.63, 3.8) is 0 Å². The summed E-state index contributed by atoms with van der Waals surface area (Å²) in [6, 6.07) is -0.859. The highest BCUT2D eigenvalue weighted by atomic mass is 16.5. The number of aliphatic hydroxyl groups is 1. The Kier molecular flexibility index (Phi) is 41.8. The van der Waals surface area contributed by atoms with Gasteiger partial charge in [0.1, 0.15) is 6.04 Å². The second-order valence-corrected chi connectivity index (χ2v) is 15.5. The first-order valence-corrected chi connectivity index (χ1v) is 23.1. The highest BCUT2D eigenvalue weighted by Crippen LogP contribution is 2.13. The number of nitrogens with one attached hydrogen (secondary N) is 1. The van der Waals surface area contributed by atoms with Crippen LogP contribution in [-0.2, 0) is 23.9 Å². The van der Waals surface area contributed by atoms with Gasteiger partial charge in [0.2, 0.25) is 5.91 Å². The standard InChI is InChI=1S/C47H87NO6/c1-3-5-7-9-11-13-15-17-19-21-23-25-27-29-31-36-42-53-46(51)40-39-44(48-45(50)38-34-33-35-41-49)47(52)54-43-37-32-30-28-26-24-22-20-18-16-14-12-10-8-6-4-2/h17-20,44,49H,3-16,21-43H2,1-2H3,(H,48,50)/b19-17+,20-18+. The molecule has 1 unspecified atom stereocenters. The molecule has 0 bridgehead atoms. The molecule has 0 aliphatic rings. The number of ether oxygens (including phenoxy) is 2. The molecule has 2 N–H and O–H groups in total. The molecule has 7 heteroatoms. The number of aliphatic hydroxyl groups excluding tert-OH is 1. The molecule has 0 aromatic heterocycles. The number of unbranched alkanes of at least 4 members (excludes halogenated alkanes) is 26. The number of hydrogen-bond acceptors (Lipinski definition) is 6. The molecule has 0 fully saturated rings. The SMILES string of the molecule is CCCCCCCC/C=C/CCCCCCCCOC(=O)CCC(NC(=O)CCCCCO)C(=O)OCCCCCCCC/C=C/CCCCCCCC. The normalized spacial score (nSPS) is 12.1. The van der Waals surface area contributed by atoms with E-state index in [1.165, 1.54) is 135 Å². The fraction of sp³-hybridized carbons (Fsp3) is 0.851. The number of esters is 2. The molecular formula is C47H87NO6. The molecule has 0 aromatic rings. The van der Waals surface area contributed by atoms with Gasteiger partial charge in [-0.3, -0.25) is 9.59 Å². The summed E-state index contributed by atoms with van der Waals surface area (Å²) in [4.78, 5) is 37.9. The van der Waals surface area contributed by atoms with Crippen LogP contribution in [0.1, 0.15) is 232 Å². The van der Waals surface area contributed by atoms with Crippen LogP contribution in [0.25, 0.3) is 0 Å². The maximum atomic E-state index is 12.9. The van der Waals surface area contributed by atoms with E-state index in [-0.39, 0.29) is 37.7 Å². The number of amides is 1. The Morgan fingerprint density at radius 2 is 0.870 bits per heavy atom. The molecule has 54 heavy (non-hydrogen) atoms. The Morgan fingerprint density at radius 1 is 0.481 bits per heavy atom. The van der Waals surface area contributed by atoms with E-state index in [2.05, 4.69) is 43.5 Å². The van der Waals surface area contributed by atoms with Crippen LogP contribution in [0.5, 0.6) is 0 Å². The lowest BCUT2D eigenvalue weighted by Gasteiger charge is -2.17. The van der Waals surface area contributed by atoms with Gasteiger partial charge in [-0.2, -0.15) is 0 Å². The Hall–Kier alpha value is -2.15. The third-order valence-electron chi connectivity index (χ3n) is 10.1. The maximum absolute atomic E-state index is 12.9. The largest absolute Gasteiger partial charge is 0.466 e. The number of allylic oxidation sites excluding steroid dienone is 4. The van der Waals surface area contributed by atoms with Crippen LogP contribution < -0.4 is 5.32 Å². The Balaban J connectivity index is 4.11. The van der Waals surface area contributed by atoms with Crippen LogP contribution in [0.4, 0.5) is 0 Å². The van der Waals surface area contributed by atoms with Crippen molar-refractivity contribution in [2.75, 3.05) is 19.8 Å². The zero-order valence-electron chi connectivity index (χ0n) is 35.5. The fourth-order valence-corrected chi connectivity index (χ4v) is 6.58. The summed E-state index contributed by atoms with van der Waals surface area (Å²) < 4.78 is 11.0. The third-order valence-corrected chi connectivity index (χ3v) is 10.1. The lowest BCUT2D eigenvalue weighted by molar-refractivity contribution is -0.149. The van der Waals surface area contributed by atoms with Gasteiger partial charge >= 0.3 is 11.9 Å². The van der Waals surface area contributed by atoms with E-state index in [4.69, 9.17) is 14.6 Å². The summed E-state index contributed by atoms with van der Waals surface area (Å²) >= 11 is 0. The molecule has 0 aliphatic carbocycles. The molecule has 316 valence electrons. The van der Waals surface area contributed by atoms with Gasteiger partial charge in [-0.15, -0.1) is 0 Å². The summed E-state index contributed by atoms with van der Waals surface area (Å²) in [5.41, 5.74) is 0.